The number of hydrogen-bond donors (Lipinski definition) is 2. The molecular formula is C14H16N6O2. The van der Waals surface area contributed by atoms with Crippen LogP contribution in [0.4, 0.5) is 11.9 Å². The van der Waals surface area contributed by atoms with Gasteiger partial charge in [0, 0.05) is 6.54 Å². The fourth-order valence-electron chi connectivity index (χ4n) is 2.18. The number of aromatic nitrogens is 3. The average Bonchev–Trinajstić information content (AvgIpc) is 2.96. The Kier molecular flexibility index (Phi) is 3.99. The van der Waals surface area contributed by atoms with Crippen molar-refractivity contribution in [2.75, 3.05) is 24.4 Å². The van der Waals surface area contributed by atoms with E-state index in [4.69, 9.17) is 15.2 Å². The van der Waals surface area contributed by atoms with Crippen molar-refractivity contribution >= 4 is 18.6 Å². The Bertz CT molecular complexity index is 691. The highest BCUT2D eigenvalue weighted by atomic mass is 16.7. The van der Waals surface area contributed by atoms with Crippen LogP contribution in [0.15, 0.2) is 23.2 Å². The van der Waals surface area contributed by atoms with Crippen LogP contribution in [0, 0.1) is 0 Å². The topological polar surface area (TPSA) is 108 Å². The molecule has 0 saturated heterocycles. The maximum absolute atomic E-state index is 5.65. The zero-order valence-corrected chi connectivity index (χ0v) is 12.0. The van der Waals surface area contributed by atoms with E-state index < -0.39 is 0 Å². The zero-order valence-electron chi connectivity index (χ0n) is 12.0. The van der Waals surface area contributed by atoms with Crippen molar-refractivity contribution in [1.29, 1.82) is 0 Å². The van der Waals surface area contributed by atoms with Gasteiger partial charge in [0.2, 0.25) is 18.7 Å². The predicted octanol–water partition coefficient (Wildman–Crippen LogP) is 1.04. The summed E-state index contributed by atoms with van der Waals surface area (Å²) in [6.07, 6.45) is 0.743. The third kappa shape index (κ3) is 3.05. The van der Waals surface area contributed by atoms with E-state index in [1.807, 2.05) is 18.2 Å². The number of para-hydroxylation sites is 1. The molecule has 1 aromatic heterocycles. The highest BCUT2D eigenvalue weighted by Gasteiger charge is 2.16. The predicted molar refractivity (Wildman–Crippen MR) is 82.3 cm³/mol. The van der Waals surface area contributed by atoms with Gasteiger partial charge in [0.25, 0.3) is 0 Å². The Morgan fingerprint density at radius 1 is 1.27 bits per heavy atom. The number of nitrogens with one attached hydrogen (secondary N) is 1. The largest absolute Gasteiger partial charge is 0.454 e. The van der Waals surface area contributed by atoms with Gasteiger partial charge < -0.3 is 20.5 Å². The molecule has 0 spiro atoms. The molecule has 2 heterocycles. The van der Waals surface area contributed by atoms with E-state index in [2.05, 4.69) is 32.0 Å². The summed E-state index contributed by atoms with van der Waals surface area (Å²) >= 11 is 0. The van der Waals surface area contributed by atoms with Crippen LogP contribution in [-0.4, -0.2) is 35.0 Å². The minimum Gasteiger partial charge on any atom is -0.454 e. The molecule has 0 atom stereocenters. The molecule has 0 bridgehead atoms. The van der Waals surface area contributed by atoms with Crippen LogP contribution in [0.2, 0.25) is 0 Å². The van der Waals surface area contributed by atoms with Crippen LogP contribution in [0.1, 0.15) is 11.4 Å². The molecule has 0 radical (unpaired) electrons. The highest BCUT2D eigenvalue weighted by molar-refractivity contribution is 5.48. The fraction of sp³-hybridized carbons (Fsp3) is 0.286. The normalized spacial score (nSPS) is 12.2. The smallest absolute Gasteiger partial charge is 0.231 e. The van der Waals surface area contributed by atoms with E-state index in [0.29, 0.717) is 24.9 Å². The first-order valence-corrected chi connectivity index (χ1v) is 6.80. The van der Waals surface area contributed by atoms with E-state index in [-0.39, 0.29) is 12.7 Å². The molecule has 3 rings (SSSR count). The maximum Gasteiger partial charge on any atom is 0.231 e. The standard InChI is InChI=1S/C14H16N6O2/c1-16-7-11-18-13(15)20-14(19-11)17-6-5-9-3-2-4-10-12(9)22-8-21-10/h2-4H,1,5-8H2,(H3,15,17,18,19,20). The molecule has 1 aromatic carbocycles. The second-order valence-electron chi connectivity index (χ2n) is 4.64. The number of nitrogens with two attached hydrogens (primary N) is 1. The van der Waals surface area contributed by atoms with E-state index in [1.54, 1.807) is 0 Å². The van der Waals surface area contributed by atoms with Crippen molar-refractivity contribution in [2.45, 2.75) is 13.0 Å². The van der Waals surface area contributed by atoms with Gasteiger partial charge in [-0.2, -0.15) is 15.0 Å². The van der Waals surface area contributed by atoms with Crippen LogP contribution in [0.5, 0.6) is 11.5 Å². The molecule has 3 N–H and O–H groups in total. The monoisotopic (exact) mass is 300 g/mol. The van der Waals surface area contributed by atoms with E-state index in [0.717, 1.165) is 23.5 Å². The van der Waals surface area contributed by atoms with Gasteiger partial charge in [-0.1, -0.05) is 12.1 Å². The molecule has 0 amide bonds. The van der Waals surface area contributed by atoms with Gasteiger partial charge in [-0.25, -0.2) is 0 Å². The lowest BCUT2D eigenvalue weighted by molar-refractivity contribution is 0.173. The second-order valence-corrected chi connectivity index (χ2v) is 4.64. The summed E-state index contributed by atoms with van der Waals surface area (Å²) in [5.41, 5.74) is 6.71. The Labute approximate surface area is 127 Å². The lowest BCUT2D eigenvalue weighted by atomic mass is 10.1. The number of hydrogen-bond acceptors (Lipinski definition) is 8. The number of fused-ring (bicyclic) bond motifs is 1. The molecule has 1 aliphatic heterocycles. The van der Waals surface area contributed by atoms with E-state index >= 15 is 0 Å². The summed E-state index contributed by atoms with van der Waals surface area (Å²) in [6, 6.07) is 5.84. The lowest BCUT2D eigenvalue weighted by Gasteiger charge is -2.08. The van der Waals surface area contributed by atoms with Crippen molar-refractivity contribution in [3.63, 3.8) is 0 Å². The molecule has 2 aromatic rings. The Balaban J connectivity index is 1.64. The van der Waals surface area contributed by atoms with Gasteiger partial charge in [0.05, 0.1) is 6.54 Å². The number of benzene rings is 1. The van der Waals surface area contributed by atoms with Crippen molar-refractivity contribution in [3.05, 3.63) is 29.6 Å². The number of aliphatic imine (C=N–C) groups is 1. The molecule has 0 saturated carbocycles. The first-order chi connectivity index (χ1) is 10.8. The maximum atomic E-state index is 5.65. The molecule has 22 heavy (non-hydrogen) atoms. The quantitative estimate of drug-likeness (QED) is 0.767. The zero-order chi connectivity index (χ0) is 15.4. The molecule has 8 heteroatoms. The van der Waals surface area contributed by atoms with Crippen LogP contribution in [0.25, 0.3) is 0 Å². The molecule has 0 unspecified atom stereocenters. The molecule has 1 aliphatic rings. The third-order valence-electron chi connectivity index (χ3n) is 3.11. The summed E-state index contributed by atoms with van der Waals surface area (Å²) in [7, 11) is 0. The second kappa shape index (κ2) is 6.25. The summed E-state index contributed by atoms with van der Waals surface area (Å²) < 4.78 is 10.8. The van der Waals surface area contributed by atoms with Gasteiger partial charge in [0.1, 0.15) is 0 Å². The van der Waals surface area contributed by atoms with Gasteiger partial charge in [0.15, 0.2) is 17.3 Å². The van der Waals surface area contributed by atoms with Crippen LogP contribution in [0.3, 0.4) is 0 Å². The van der Waals surface area contributed by atoms with Gasteiger partial charge >= 0.3 is 0 Å². The van der Waals surface area contributed by atoms with Crippen LogP contribution in [-0.2, 0) is 13.0 Å². The van der Waals surface area contributed by atoms with Crippen LogP contribution >= 0.6 is 0 Å². The highest BCUT2D eigenvalue weighted by Crippen LogP contribution is 2.35. The molecule has 8 nitrogen and oxygen atoms in total. The van der Waals surface area contributed by atoms with Gasteiger partial charge in [-0.3, -0.25) is 4.99 Å². The van der Waals surface area contributed by atoms with E-state index in [1.165, 1.54) is 0 Å². The Morgan fingerprint density at radius 2 is 2.18 bits per heavy atom. The molecule has 114 valence electrons. The SMILES string of the molecule is C=NCc1nc(N)nc(NCCc2cccc3c2OCO3)n1. The molecule has 0 aliphatic carbocycles. The number of anilines is 2. The summed E-state index contributed by atoms with van der Waals surface area (Å²) in [6.45, 7) is 4.61. The first kappa shape index (κ1) is 14.1. The minimum atomic E-state index is 0.161. The number of ether oxygens (including phenoxy) is 2. The summed E-state index contributed by atoms with van der Waals surface area (Å²) in [5.74, 6) is 2.66. The Hall–Kier alpha value is -2.90. The minimum absolute atomic E-state index is 0.161. The van der Waals surface area contributed by atoms with Crippen molar-refractivity contribution in [1.82, 2.24) is 15.0 Å². The third-order valence-corrected chi connectivity index (χ3v) is 3.11. The number of nitrogens with zero attached hydrogens (tertiary/aromatic N) is 4. The fourth-order valence-corrected chi connectivity index (χ4v) is 2.18. The van der Waals surface area contributed by atoms with Gasteiger partial charge in [-0.15, -0.1) is 0 Å². The average molecular weight is 300 g/mol. The molecule has 0 fully saturated rings. The first-order valence-electron chi connectivity index (χ1n) is 6.80. The van der Waals surface area contributed by atoms with Gasteiger partial charge in [-0.05, 0) is 24.8 Å². The van der Waals surface area contributed by atoms with Crippen LogP contribution < -0.4 is 20.5 Å². The lowest BCUT2D eigenvalue weighted by Crippen LogP contribution is -2.12. The molecular weight excluding hydrogens is 284 g/mol. The van der Waals surface area contributed by atoms with Crippen molar-refractivity contribution in [2.24, 2.45) is 4.99 Å². The number of nitrogen functional groups attached to an aromatic ring is 1. The van der Waals surface area contributed by atoms with Crippen molar-refractivity contribution < 1.29 is 9.47 Å². The number of rotatable bonds is 6. The summed E-state index contributed by atoms with van der Waals surface area (Å²) in [4.78, 5) is 16.0. The van der Waals surface area contributed by atoms with Crippen molar-refractivity contribution in [3.8, 4) is 11.5 Å². The van der Waals surface area contributed by atoms with E-state index in [9.17, 15) is 0 Å². The Morgan fingerprint density at radius 3 is 3.05 bits per heavy atom. The summed E-state index contributed by atoms with van der Waals surface area (Å²) in [5, 5.41) is 3.12.